The predicted octanol–water partition coefficient (Wildman–Crippen LogP) is 3.01. The molecule has 1 fully saturated rings. The van der Waals surface area contributed by atoms with Crippen LogP contribution in [-0.4, -0.2) is 77.7 Å². The fourth-order valence-electron chi connectivity index (χ4n) is 3.02. The van der Waals surface area contributed by atoms with Gasteiger partial charge in [0.25, 0.3) is 0 Å². The molecular formula is C24H27ClN2O6. The molecule has 1 aliphatic heterocycles. The Balaban J connectivity index is 0.000000414. The van der Waals surface area contributed by atoms with Gasteiger partial charge in [0.15, 0.2) is 0 Å². The first kappa shape index (κ1) is 26.1. The number of hydrogen-bond acceptors (Lipinski definition) is 6. The van der Waals surface area contributed by atoms with E-state index in [2.05, 4.69) is 16.8 Å². The van der Waals surface area contributed by atoms with Crippen molar-refractivity contribution < 1.29 is 29.3 Å². The molecular weight excluding hydrogens is 448 g/mol. The van der Waals surface area contributed by atoms with E-state index in [0.717, 1.165) is 47.9 Å². The molecule has 9 heteroatoms. The van der Waals surface area contributed by atoms with Crippen LogP contribution in [0.2, 0.25) is 5.02 Å². The number of ether oxygens (including phenoxy) is 1. The molecule has 2 aromatic carbocycles. The molecule has 1 heterocycles. The number of halogens is 1. The maximum Gasteiger partial charge on any atom is 0.328 e. The number of aliphatic carboxylic acids is 2. The maximum absolute atomic E-state index is 12.0. The van der Waals surface area contributed by atoms with E-state index in [1.807, 2.05) is 48.5 Å². The van der Waals surface area contributed by atoms with E-state index >= 15 is 0 Å². The highest BCUT2D eigenvalue weighted by molar-refractivity contribution is 6.33. The number of rotatable bonds is 7. The summed E-state index contributed by atoms with van der Waals surface area (Å²) in [6, 6.07) is 15.7. The van der Waals surface area contributed by atoms with Gasteiger partial charge in [0, 0.05) is 48.9 Å². The Morgan fingerprint density at radius 1 is 0.939 bits per heavy atom. The number of benzene rings is 2. The zero-order chi connectivity index (χ0) is 24.2. The van der Waals surface area contributed by atoms with Crippen molar-refractivity contribution >= 4 is 29.5 Å². The Morgan fingerprint density at radius 3 is 2.06 bits per heavy atom. The van der Waals surface area contributed by atoms with Crippen molar-refractivity contribution in [1.29, 1.82) is 0 Å². The maximum atomic E-state index is 12.0. The van der Waals surface area contributed by atoms with Gasteiger partial charge < -0.3 is 19.8 Å². The number of hydrogen-bond donors (Lipinski definition) is 2. The van der Waals surface area contributed by atoms with E-state index < -0.39 is 11.9 Å². The summed E-state index contributed by atoms with van der Waals surface area (Å²) in [7, 11) is 2.10. The first-order valence-electron chi connectivity index (χ1n) is 10.3. The molecule has 176 valence electrons. The lowest BCUT2D eigenvalue weighted by Crippen LogP contribution is -2.46. The van der Waals surface area contributed by atoms with E-state index in [-0.39, 0.29) is 5.97 Å². The van der Waals surface area contributed by atoms with Gasteiger partial charge >= 0.3 is 17.9 Å². The van der Waals surface area contributed by atoms with Crippen LogP contribution in [0.15, 0.2) is 60.7 Å². The Hall–Kier alpha value is -3.20. The summed E-state index contributed by atoms with van der Waals surface area (Å²) in [4.78, 5) is 35.5. The Morgan fingerprint density at radius 2 is 1.52 bits per heavy atom. The molecule has 0 amide bonds. The lowest BCUT2D eigenvalue weighted by atomic mass is 10.0. The quantitative estimate of drug-likeness (QED) is 0.466. The Kier molecular flexibility index (Phi) is 10.6. The topological polar surface area (TPSA) is 107 Å². The Labute approximate surface area is 197 Å². The molecule has 0 spiro atoms. The first-order chi connectivity index (χ1) is 15.7. The van der Waals surface area contributed by atoms with Crippen LogP contribution < -0.4 is 0 Å². The highest BCUT2D eigenvalue weighted by Crippen LogP contribution is 2.27. The monoisotopic (exact) mass is 474 g/mol. The second kappa shape index (κ2) is 13.4. The molecule has 0 unspecified atom stereocenters. The number of carboxylic acid groups (broad SMARTS) is 2. The van der Waals surface area contributed by atoms with E-state index in [0.29, 0.717) is 25.3 Å². The summed E-state index contributed by atoms with van der Waals surface area (Å²) in [6.45, 7) is 4.49. The van der Waals surface area contributed by atoms with Gasteiger partial charge in [-0.15, -0.1) is 0 Å². The number of likely N-dealkylation sites (N-methyl/N-ethyl adjacent to an activating group) is 1. The molecule has 0 bridgehead atoms. The van der Waals surface area contributed by atoms with Gasteiger partial charge in [-0.05, 0) is 24.2 Å². The summed E-state index contributed by atoms with van der Waals surface area (Å²) in [5, 5.41) is 16.4. The standard InChI is InChI=1S/C20H23ClN2O2.C4H4O4/c1-22-10-12-23(13-11-22)14-20(24)25-15-16-6-8-17(9-7-16)18-4-2-3-5-19(18)21;5-3(6)1-2-4(7)8/h2-9H,10-15H2,1H3;1-2H,(H,5,6)(H,7,8)/b;2-1-. The molecule has 1 saturated heterocycles. The van der Waals surface area contributed by atoms with Crippen LogP contribution in [0, 0.1) is 0 Å². The molecule has 0 atom stereocenters. The van der Waals surface area contributed by atoms with Crippen LogP contribution >= 0.6 is 11.6 Å². The molecule has 0 aromatic heterocycles. The minimum absolute atomic E-state index is 0.167. The van der Waals surface area contributed by atoms with Crippen molar-refractivity contribution in [3.63, 3.8) is 0 Å². The fraction of sp³-hybridized carbons (Fsp3) is 0.292. The SMILES string of the molecule is CN1CCN(CC(=O)OCc2ccc(-c3ccccc3Cl)cc2)CC1.O=C(O)/C=C\C(=O)O. The third-order valence-electron chi connectivity index (χ3n) is 4.86. The number of esters is 1. The van der Waals surface area contributed by atoms with Crippen molar-refractivity contribution in [2.24, 2.45) is 0 Å². The molecule has 2 N–H and O–H groups in total. The molecule has 1 aliphatic rings. The summed E-state index contributed by atoms with van der Waals surface area (Å²) < 4.78 is 5.41. The van der Waals surface area contributed by atoms with Crippen molar-refractivity contribution in [3.05, 3.63) is 71.3 Å². The fourth-order valence-corrected chi connectivity index (χ4v) is 3.26. The van der Waals surface area contributed by atoms with Gasteiger partial charge in [-0.2, -0.15) is 0 Å². The molecule has 0 saturated carbocycles. The van der Waals surface area contributed by atoms with Crippen molar-refractivity contribution in [3.8, 4) is 11.1 Å². The van der Waals surface area contributed by atoms with E-state index in [1.165, 1.54) is 0 Å². The molecule has 8 nitrogen and oxygen atoms in total. The molecule has 33 heavy (non-hydrogen) atoms. The second-order valence-electron chi connectivity index (χ2n) is 7.43. The van der Waals surface area contributed by atoms with Crippen molar-refractivity contribution in [1.82, 2.24) is 9.80 Å². The van der Waals surface area contributed by atoms with Crippen LogP contribution in [0.3, 0.4) is 0 Å². The van der Waals surface area contributed by atoms with Gasteiger partial charge in [0.2, 0.25) is 0 Å². The number of carbonyl (C=O) groups is 3. The molecule has 0 aliphatic carbocycles. The van der Waals surface area contributed by atoms with Crippen LogP contribution in [-0.2, 0) is 25.7 Å². The zero-order valence-electron chi connectivity index (χ0n) is 18.3. The van der Waals surface area contributed by atoms with Crippen LogP contribution in [0.25, 0.3) is 11.1 Å². The summed E-state index contributed by atoms with van der Waals surface area (Å²) >= 11 is 6.23. The van der Waals surface area contributed by atoms with Gasteiger partial charge in [0.1, 0.15) is 6.61 Å². The summed E-state index contributed by atoms with van der Waals surface area (Å²) in [6.07, 6.45) is 1.12. The van der Waals surface area contributed by atoms with E-state index in [9.17, 15) is 14.4 Å². The highest BCUT2D eigenvalue weighted by atomic mass is 35.5. The smallest absolute Gasteiger partial charge is 0.328 e. The number of carboxylic acids is 2. The van der Waals surface area contributed by atoms with Gasteiger partial charge in [-0.1, -0.05) is 54.1 Å². The van der Waals surface area contributed by atoms with Crippen LogP contribution in [0.1, 0.15) is 5.56 Å². The van der Waals surface area contributed by atoms with Gasteiger partial charge in [-0.25, -0.2) is 9.59 Å². The average molecular weight is 475 g/mol. The third kappa shape index (κ3) is 9.86. The normalized spacial score (nSPS) is 14.4. The number of carbonyl (C=O) groups excluding carboxylic acids is 1. The average Bonchev–Trinajstić information content (AvgIpc) is 2.79. The highest BCUT2D eigenvalue weighted by Gasteiger charge is 2.17. The minimum Gasteiger partial charge on any atom is -0.478 e. The minimum atomic E-state index is -1.26. The third-order valence-corrected chi connectivity index (χ3v) is 5.19. The van der Waals surface area contributed by atoms with Crippen LogP contribution in [0.4, 0.5) is 0 Å². The largest absolute Gasteiger partial charge is 0.478 e. The van der Waals surface area contributed by atoms with Crippen molar-refractivity contribution in [2.75, 3.05) is 39.8 Å². The molecule has 2 aromatic rings. The summed E-state index contributed by atoms with van der Waals surface area (Å²) in [5.41, 5.74) is 3.03. The molecule has 3 rings (SSSR count). The van der Waals surface area contributed by atoms with Crippen molar-refractivity contribution in [2.45, 2.75) is 6.61 Å². The number of nitrogens with zero attached hydrogens (tertiary/aromatic N) is 2. The van der Waals surface area contributed by atoms with Gasteiger partial charge in [-0.3, -0.25) is 9.69 Å². The predicted molar refractivity (Wildman–Crippen MR) is 125 cm³/mol. The van der Waals surface area contributed by atoms with Crippen LogP contribution in [0.5, 0.6) is 0 Å². The van der Waals surface area contributed by atoms with Gasteiger partial charge in [0.05, 0.1) is 6.54 Å². The Bertz CT molecular complexity index is 953. The second-order valence-corrected chi connectivity index (χ2v) is 7.83. The lowest BCUT2D eigenvalue weighted by molar-refractivity contribution is -0.146. The first-order valence-corrected chi connectivity index (χ1v) is 10.7. The number of piperazine rings is 1. The summed E-state index contributed by atoms with van der Waals surface area (Å²) in [5.74, 6) is -2.68. The molecule has 0 radical (unpaired) electrons. The van der Waals surface area contributed by atoms with E-state index in [4.69, 9.17) is 26.6 Å². The zero-order valence-corrected chi connectivity index (χ0v) is 19.1. The van der Waals surface area contributed by atoms with E-state index in [1.54, 1.807) is 0 Å². The lowest BCUT2D eigenvalue weighted by Gasteiger charge is -2.31.